The van der Waals surface area contributed by atoms with E-state index in [4.69, 9.17) is 18.8 Å². The molecule has 194 valence electrons. The molecular weight excluding hydrogens is 476 g/mol. The highest BCUT2D eigenvalue weighted by Gasteiger charge is 2.26. The molecule has 0 aliphatic carbocycles. The number of hydrogen-bond acceptors (Lipinski definition) is 5. The monoisotopic (exact) mass is 514 g/mol. The van der Waals surface area contributed by atoms with E-state index in [9.17, 15) is 0 Å². The molecule has 2 aromatic carbocycles. The first-order valence-electron chi connectivity index (χ1n) is 13.5. The van der Waals surface area contributed by atoms with E-state index in [1.54, 1.807) is 11.3 Å². The second-order valence-electron chi connectivity index (χ2n) is 12.2. The Balaban J connectivity index is 1.57. The normalized spacial score (nSPS) is 12.8. The summed E-state index contributed by atoms with van der Waals surface area (Å²) >= 11 is 1.61. The maximum Gasteiger partial charge on any atom is 0.237 e. The zero-order chi connectivity index (χ0) is 26.5. The molecule has 0 unspecified atom stereocenters. The minimum Gasteiger partial charge on any atom is -0.435 e. The van der Waals surface area contributed by atoms with E-state index in [1.165, 1.54) is 22.3 Å². The lowest BCUT2D eigenvalue weighted by molar-refractivity contribution is 0.552. The van der Waals surface area contributed by atoms with Crippen LogP contribution in [-0.2, 0) is 23.7 Å². The van der Waals surface area contributed by atoms with Crippen molar-refractivity contribution in [3.63, 3.8) is 0 Å². The van der Waals surface area contributed by atoms with Crippen LogP contribution in [0, 0.1) is 0 Å². The standard InChI is InChI=1S/C32H38N2O2S/c1-9-11-19-15-20(12-10-2)27-23(16-19)33-29(35-27)25-13-14-26(37-25)30-34-24-18-21(31(3,4)5)17-22(28(24)36-30)32(6,7)8/h13-18H,9-12H2,1-8H3. The smallest absolute Gasteiger partial charge is 0.237 e. The fourth-order valence-corrected chi connectivity index (χ4v) is 5.71. The first kappa shape index (κ1) is 25.7. The average molecular weight is 515 g/mol. The predicted octanol–water partition coefficient (Wildman–Crippen LogP) is 9.86. The van der Waals surface area contributed by atoms with Crippen molar-refractivity contribution in [3.8, 4) is 21.5 Å². The molecule has 0 fully saturated rings. The van der Waals surface area contributed by atoms with Crippen molar-refractivity contribution in [3.05, 3.63) is 58.7 Å². The van der Waals surface area contributed by atoms with Gasteiger partial charge in [0.25, 0.3) is 0 Å². The highest BCUT2D eigenvalue weighted by molar-refractivity contribution is 7.18. The number of rotatable bonds is 6. The van der Waals surface area contributed by atoms with E-state index in [0.717, 1.165) is 57.6 Å². The predicted molar refractivity (Wildman–Crippen MR) is 156 cm³/mol. The molecule has 0 aliphatic rings. The van der Waals surface area contributed by atoms with Crippen molar-refractivity contribution in [1.29, 1.82) is 0 Å². The van der Waals surface area contributed by atoms with Crippen LogP contribution in [0.3, 0.4) is 0 Å². The van der Waals surface area contributed by atoms with E-state index >= 15 is 0 Å². The SMILES string of the molecule is CCCc1cc(CCC)c2oc(-c3ccc(-c4nc5cc(C(C)(C)C)cc(C(C)(C)C)c5o4)s3)nc2c1. The molecule has 0 atom stereocenters. The zero-order valence-corrected chi connectivity index (χ0v) is 24.2. The number of nitrogens with zero attached hydrogens (tertiary/aromatic N) is 2. The fourth-order valence-electron chi connectivity index (χ4n) is 4.86. The second-order valence-corrected chi connectivity index (χ2v) is 13.3. The summed E-state index contributed by atoms with van der Waals surface area (Å²) in [6, 6.07) is 13.1. The van der Waals surface area contributed by atoms with Crippen LogP contribution in [0.15, 0.2) is 45.2 Å². The maximum atomic E-state index is 6.43. The molecule has 0 amide bonds. The lowest BCUT2D eigenvalue weighted by Gasteiger charge is -2.24. The molecule has 5 heteroatoms. The van der Waals surface area contributed by atoms with Gasteiger partial charge in [-0.25, -0.2) is 9.97 Å². The van der Waals surface area contributed by atoms with E-state index < -0.39 is 0 Å². The summed E-state index contributed by atoms with van der Waals surface area (Å²) in [5.74, 6) is 1.31. The molecule has 4 nitrogen and oxygen atoms in total. The van der Waals surface area contributed by atoms with Crippen molar-refractivity contribution in [2.45, 2.75) is 91.9 Å². The largest absolute Gasteiger partial charge is 0.435 e. The Morgan fingerprint density at radius 3 is 1.86 bits per heavy atom. The van der Waals surface area contributed by atoms with Gasteiger partial charge in [0, 0.05) is 5.56 Å². The molecule has 0 bridgehead atoms. The van der Waals surface area contributed by atoms with Crippen LogP contribution in [0.25, 0.3) is 43.7 Å². The number of fused-ring (bicyclic) bond motifs is 2. The Labute approximate surface area is 224 Å². The Bertz CT molecular complexity index is 1570. The van der Waals surface area contributed by atoms with Crippen LogP contribution in [-0.4, -0.2) is 9.97 Å². The topological polar surface area (TPSA) is 52.1 Å². The number of oxazole rings is 2. The third-order valence-corrected chi connectivity index (χ3v) is 7.94. The number of aryl methyl sites for hydroxylation is 2. The highest BCUT2D eigenvalue weighted by Crippen LogP contribution is 2.40. The summed E-state index contributed by atoms with van der Waals surface area (Å²) in [6.07, 6.45) is 4.25. The number of benzene rings is 2. The third kappa shape index (κ3) is 4.98. The van der Waals surface area contributed by atoms with Gasteiger partial charge in [0.05, 0.1) is 9.75 Å². The van der Waals surface area contributed by atoms with Gasteiger partial charge >= 0.3 is 0 Å². The molecule has 0 spiro atoms. The van der Waals surface area contributed by atoms with Crippen LogP contribution in [0.5, 0.6) is 0 Å². The van der Waals surface area contributed by atoms with E-state index in [2.05, 4.69) is 91.8 Å². The quantitative estimate of drug-likeness (QED) is 0.226. The van der Waals surface area contributed by atoms with Gasteiger partial charge in [-0.15, -0.1) is 11.3 Å². The Morgan fingerprint density at radius 2 is 1.30 bits per heavy atom. The van der Waals surface area contributed by atoms with Crippen molar-refractivity contribution in [2.24, 2.45) is 0 Å². The molecule has 5 aromatic rings. The Morgan fingerprint density at radius 1 is 0.703 bits per heavy atom. The maximum absolute atomic E-state index is 6.43. The van der Waals surface area contributed by atoms with Crippen LogP contribution < -0.4 is 0 Å². The van der Waals surface area contributed by atoms with Gasteiger partial charge in [0.2, 0.25) is 11.8 Å². The van der Waals surface area contributed by atoms with Crippen LogP contribution in [0.2, 0.25) is 0 Å². The number of aromatic nitrogens is 2. The highest BCUT2D eigenvalue weighted by atomic mass is 32.1. The van der Waals surface area contributed by atoms with E-state index in [1.807, 2.05) is 0 Å². The van der Waals surface area contributed by atoms with Crippen LogP contribution >= 0.6 is 11.3 Å². The fraction of sp³-hybridized carbons (Fsp3) is 0.438. The lowest BCUT2D eigenvalue weighted by atomic mass is 9.80. The molecule has 0 saturated heterocycles. The van der Waals surface area contributed by atoms with E-state index in [0.29, 0.717) is 11.8 Å². The van der Waals surface area contributed by atoms with Gasteiger partial charge in [0.15, 0.2) is 11.2 Å². The van der Waals surface area contributed by atoms with Gasteiger partial charge < -0.3 is 8.83 Å². The summed E-state index contributed by atoms with van der Waals surface area (Å²) in [5, 5.41) is 0. The number of thiophene rings is 1. The zero-order valence-electron chi connectivity index (χ0n) is 23.4. The molecule has 0 N–H and O–H groups in total. The van der Waals surface area contributed by atoms with Gasteiger partial charge in [0.1, 0.15) is 11.0 Å². The van der Waals surface area contributed by atoms with Crippen molar-refractivity contribution < 1.29 is 8.83 Å². The molecule has 0 aliphatic heterocycles. The first-order valence-corrected chi connectivity index (χ1v) is 14.3. The molecular formula is C32H38N2O2S. The molecule has 3 heterocycles. The summed E-state index contributed by atoms with van der Waals surface area (Å²) in [6.45, 7) is 17.8. The Hall–Kier alpha value is -2.92. The number of hydrogen-bond donors (Lipinski definition) is 0. The minimum atomic E-state index is -0.0536. The summed E-state index contributed by atoms with van der Waals surface area (Å²) in [4.78, 5) is 11.8. The van der Waals surface area contributed by atoms with E-state index in [-0.39, 0.29) is 10.8 Å². The molecule has 37 heavy (non-hydrogen) atoms. The summed E-state index contributed by atoms with van der Waals surface area (Å²) in [7, 11) is 0. The molecule has 3 aromatic heterocycles. The third-order valence-electron chi connectivity index (χ3n) is 6.88. The lowest BCUT2D eigenvalue weighted by Crippen LogP contribution is -2.16. The van der Waals surface area contributed by atoms with Crippen molar-refractivity contribution in [2.75, 3.05) is 0 Å². The summed E-state index contributed by atoms with van der Waals surface area (Å²) in [5.41, 5.74) is 8.68. The average Bonchev–Trinajstić information content (AvgIpc) is 3.54. The van der Waals surface area contributed by atoms with Crippen molar-refractivity contribution >= 4 is 33.5 Å². The van der Waals surface area contributed by atoms with Crippen LogP contribution in [0.4, 0.5) is 0 Å². The molecule has 5 rings (SSSR count). The molecule has 0 saturated carbocycles. The van der Waals surface area contributed by atoms with Gasteiger partial charge in [-0.1, -0.05) is 80.4 Å². The summed E-state index contributed by atoms with van der Waals surface area (Å²) < 4.78 is 12.8. The Kier molecular flexibility index (Phi) is 6.56. The first-order chi connectivity index (χ1) is 17.5. The van der Waals surface area contributed by atoms with Gasteiger partial charge in [-0.05, 0) is 64.6 Å². The molecule has 0 radical (unpaired) electrons. The minimum absolute atomic E-state index is 0.0317. The van der Waals surface area contributed by atoms with Crippen LogP contribution in [0.1, 0.15) is 90.5 Å². The second kappa shape index (κ2) is 9.43. The van der Waals surface area contributed by atoms with Gasteiger partial charge in [-0.3, -0.25) is 0 Å². The van der Waals surface area contributed by atoms with Gasteiger partial charge in [-0.2, -0.15) is 0 Å². The van der Waals surface area contributed by atoms with Crippen molar-refractivity contribution in [1.82, 2.24) is 9.97 Å².